The molecule has 5 nitrogen and oxygen atoms in total. The number of halogens is 1. The second-order valence-corrected chi connectivity index (χ2v) is 6.84. The van der Waals surface area contributed by atoms with Gasteiger partial charge in [0.1, 0.15) is 11.9 Å². The zero-order chi connectivity index (χ0) is 17.2. The van der Waals surface area contributed by atoms with Crippen LogP contribution in [0.5, 0.6) is 0 Å². The van der Waals surface area contributed by atoms with Crippen LogP contribution in [-0.2, 0) is 11.3 Å². The highest BCUT2D eigenvalue weighted by Gasteiger charge is 2.43. The van der Waals surface area contributed by atoms with E-state index in [2.05, 4.69) is 10.4 Å². The Bertz CT molecular complexity index is 678. The summed E-state index contributed by atoms with van der Waals surface area (Å²) in [6.45, 7) is 1.46. The van der Waals surface area contributed by atoms with Crippen molar-refractivity contribution in [3.05, 3.63) is 54.1 Å². The fourth-order valence-electron chi connectivity index (χ4n) is 3.01. The second kappa shape index (κ2) is 6.73. The van der Waals surface area contributed by atoms with Crippen LogP contribution in [0.25, 0.3) is 0 Å². The van der Waals surface area contributed by atoms with Gasteiger partial charge in [-0.2, -0.15) is 5.10 Å². The molecule has 0 aliphatic heterocycles. The Labute approximate surface area is 141 Å². The van der Waals surface area contributed by atoms with Crippen LogP contribution in [0.3, 0.4) is 0 Å². The lowest BCUT2D eigenvalue weighted by Crippen LogP contribution is -2.40. The quantitative estimate of drug-likeness (QED) is 0.847. The first-order valence-corrected chi connectivity index (χ1v) is 8.16. The molecule has 1 atom stereocenters. The molecule has 1 aliphatic rings. The number of likely N-dealkylation sites (N-methyl/N-ethyl adjacent to an activating group) is 1. The number of carbonyl (C=O) groups is 1. The van der Waals surface area contributed by atoms with E-state index in [-0.39, 0.29) is 17.1 Å². The molecule has 0 bridgehead atoms. The van der Waals surface area contributed by atoms with Crippen molar-refractivity contribution in [1.29, 1.82) is 0 Å². The van der Waals surface area contributed by atoms with Crippen LogP contribution >= 0.6 is 0 Å². The van der Waals surface area contributed by atoms with Crippen LogP contribution < -0.4 is 5.32 Å². The monoisotopic (exact) mass is 330 g/mol. The van der Waals surface area contributed by atoms with E-state index in [0.29, 0.717) is 6.54 Å². The zero-order valence-corrected chi connectivity index (χ0v) is 14.1. The first kappa shape index (κ1) is 16.6. The molecule has 3 rings (SSSR count). The van der Waals surface area contributed by atoms with Crippen molar-refractivity contribution in [3.8, 4) is 0 Å². The number of nitrogens with one attached hydrogen (secondary N) is 1. The third-order valence-corrected chi connectivity index (χ3v) is 4.60. The highest BCUT2D eigenvalue weighted by atomic mass is 19.1. The number of benzene rings is 1. The molecular formula is C18H23FN4O. The lowest BCUT2D eigenvalue weighted by molar-refractivity contribution is -0.126. The Morgan fingerprint density at radius 2 is 2.08 bits per heavy atom. The SMILES string of the molecule is CN(C)C(C(=O)NCC1(Cn2cccn2)CC1)c1ccc(F)cc1. The standard InChI is InChI=1S/C18H23FN4O/c1-22(2)16(14-4-6-15(19)7-5-14)17(24)20-12-18(8-9-18)13-23-11-3-10-21-23/h3-7,10-11,16H,8-9,12-13H2,1-2H3,(H,20,24). The van der Waals surface area contributed by atoms with E-state index in [1.165, 1.54) is 12.1 Å². The van der Waals surface area contributed by atoms with Gasteiger partial charge in [-0.05, 0) is 50.7 Å². The zero-order valence-electron chi connectivity index (χ0n) is 14.1. The van der Waals surface area contributed by atoms with Crippen LogP contribution in [-0.4, -0.2) is 41.2 Å². The summed E-state index contributed by atoms with van der Waals surface area (Å²) in [4.78, 5) is 14.5. The van der Waals surface area contributed by atoms with Gasteiger partial charge in [-0.3, -0.25) is 14.4 Å². The van der Waals surface area contributed by atoms with Crippen molar-refractivity contribution >= 4 is 5.91 Å². The molecule has 0 saturated heterocycles. The van der Waals surface area contributed by atoms with Gasteiger partial charge in [0.15, 0.2) is 0 Å². The third-order valence-electron chi connectivity index (χ3n) is 4.60. The molecule has 1 aromatic heterocycles. The Hall–Kier alpha value is -2.21. The maximum Gasteiger partial charge on any atom is 0.241 e. The smallest absolute Gasteiger partial charge is 0.241 e. The van der Waals surface area contributed by atoms with Crippen molar-refractivity contribution in [3.63, 3.8) is 0 Å². The number of carbonyl (C=O) groups excluding carboxylic acids is 1. The number of amides is 1. The molecule has 24 heavy (non-hydrogen) atoms. The van der Waals surface area contributed by atoms with Crippen molar-refractivity contribution in [2.75, 3.05) is 20.6 Å². The van der Waals surface area contributed by atoms with Crippen molar-refractivity contribution in [2.24, 2.45) is 5.41 Å². The van der Waals surface area contributed by atoms with Gasteiger partial charge >= 0.3 is 0 Å². The Balaban J connectivity index is 1.63. The first-order valence-electron chi connectivity index (χ1n) is 8.16. The van der Waals surface area contributed by atoms with Crippen LogP contribution in [0.1, 0.15) is 24.4 Å². The van der Waals surface area contributed by atoms with E-state index in [9.17, 15) is 9.18 Å². The van der Waals surface area contributed by atoms with Crippen molar-refractivity contribution in [1.82, 2.24) is 20.0 Å². The summed E-state index contributed by atoms with van der Waals surface area (Å²) in [5.74, 6) is -0.355. The highest BCUT2D eigenvalue weighted by Crippen LogP contribution is 2.46. The van der Waals surface area contributed by atoms with Gasteiger partial charge in [-0.25, -0.2) is 4.39 Å². The number of aromatic nitrogens is 2. The molecule has 1 heterocycles. The molecule has 0 radical (unpaired) electrons. The largest absolute Gasteiger partial charge is 0.354 e. The minimum atomic E-state index is -0.425. The fourth-order valence-corrected chi connectivity index (χ4v) is 3.01. The van der Waals surface area contributed by atoms with Gasteiger partial charge < -0.3 is 5.32 Å². The van der Waals surface area contributed by atoms with E-state index >= 15 is 0 Å². The lowest BCUT2D eigenvalue weighted by atomic mass is 10.0. The second-order valence-electron chi connectivity index (χ2n) is 6.84. The van der Waals surface area contributed by atoms with E-state index < -0.39 is 6.04 Å². The Morgan fingerprint density at radius 3 is 2.62 bits per heavy atom. The first-order chi connectivity index (χ1) is 11.5. The molecule has 128 valence electrons. The van der Waals surface area contributed by atoms with E-state index in [4.69, 9.17) is 0 Å². The van der Waals surface area contributed by atoms with Gasteiger partial charge in [-0.15, -0.1) is 0 Å². The van der Waals surface area contributed by atoms with Crippen LogP contribution in [0.4, 0.5) is 4.39 Å². The van der Waals surface area contributed by atoms with Crippen molar-refractivity contribution < 1.29 is 9.18 Å². The summed E-state index contributed by atoms with van der Waals surface area (Å²) in [6.07, 6.45) is 5.90. The summed E-state index contributed by atoms with van der Waals surface area (Å²) in [5, 5.41) is 7.32. The van der Waals surface area contributed by atoms with Crippen LogP contribution in [0.15, 0.2) is 42.7 Å². The fraction of sp³-hybridized carbons (Fsp3) is 0.444. The molecule has 1 aliphatic carbocycles. The van der Waals surface area contributed by atoms with Crippen LogP contribution in [0, 0.1) is 11.2 Å². The molecule has 2 aromatic rings. The summed E-state index contributed by atoms with van der Waals surface area (Å²) in [6, 6.07) is 7.59. The molecule has 1 saturated carbocycles. The molecule has 1 aromatic carbocycles. The Morgan fingerprint density at radius 1 is 1.38 bits per heavy atom. The van der Waals surface area contributed by atoms with Gasteiger partial charge in [0, 0.05) is 30.9 Å². The molecule has 1 unspecified atom stereocenters. The summed E-state index contributed by atoms with van der Waals surface area (Å²) in [7, 11) is 3.70. The van der Waals surface area contributed by atoms with Crippen molar-refractivity contribution in [2.45, 2.75) is 25.4 Å². The molecular weight excluding hydrogens is 307 g/mol. The molecule has 0 spiro atoms. The van der Waals surface area contributed by atoms with E-state index in [1.54, 1.807) is 18.3 Å². The van der Waals surface area contributed by atoms with E-state index in [0.717, 1.165) is 24.9 Å². The number of nitrogens with zero attached hydrogens (tertiary/aromatic N) is 3. The predicted molar refractivity (Wildman–Crippen MR) is 89.7 cm³/mol. The summed E-state index contributed by atoms with van der Waals surface area (Å²) >= 11 is 0. The number of hydrogen-bond acceptors (Lipinski definition) is 3. The van der Waals surface area contributed by atoms with Crippen LogP contribution in [0.2, 0.25) is 0 Å². The van der Waals surface area contributed by atoms with Gasteiger partial charge in [0.2, 0.25) is 5.91 Å². The molecule has 1 fully saturated rings. The minimum absolute atomic E-state index is 0.0571. The predicted octanol–water partition coefficient (Wildman–Crippen LogP) is 2.22. The van der Waals surface area contributed by atoms with Gasteiger partial charge in [-0.1, -0.05) is 12.1 Å². The van der Waals surface area contributed by atoms with E-state index in [1.807, 2.05) is 35.9 Å². The maximum atomic E-state index is 13.1. The van der Waals surface area contributed by atoms with Gasteiger partial charge in [0.05, 0.1) is 0 Å². The number of hydrogen-bond donors (Lipinski definition) is 1. The normalized spacial score (nSPS) is 16.8. The third kappa shape index (κ3) is 3.82. The summed E-state index contributed by atoms with van der Waals surface area (Å²) < 4.78 is 15.0. The Kier molecular flexibility index (Phi) is 4.66. The molecule has 1 N–H and O–H groups in total. The van der Waals surface area contributed by atoms with Gasteiger partial charge in [0.25, 0.3) is 0 Å². The maximum absolute atomic E-state index is 13.1. The average molecular weight is 330 g/mol. The topological polar surface area (TPSA) is 50.2 Å². The molecule has 6 heteroatoms. The highest BCUT2D eigenvalue weighted by molar-refractivity contribution is 5.83. The molecule has 1 amide bonds. The lowest BCUT2D eigenvalue weighted by Gasteiger charge is -2.25. The summed E-state index contributed by atoms with van der Waals surface area (Å²) in [5.41, 5.74) is 0.900. The minimum Gasteiger partial charge on any atom is -0.354 e. The number of rotatable bonds is 7. The average Bonchev–Trinajstić information content (AvgIpc) is 3.11.